The van der Waals surface area contributed by atoms with Crippen molar-refractivity contribution in [2.45, 2.75) is 39.8 Å². The quantitative estimate of drug-likeness (QED) is 0.915. The summed E-state index contributed by atoms with van der Waals surface area (Å²) >= 11 is 1.63. The Morgan fingerprint density at radius 1 is 1.21 bits per heavy atom. The summed E-state index contributed by atoms with van der Waals surface area (Å²) in [5, 5.41) is 4.33. The summed E-state index contributed by atoms with van der Waals surface area (Å²) in [7, 11) is 0. The minimum atomic E-state index is -0.189. The lowest BCUT2D eigenvalue weighted by atomic mass is 10.1. The number of nitrogens with one attached hydrogen (secondary N) is 1. The normalized spacial score (nSPS) is 12.9. The van der Waals surface area contributed by atoms with E-state index in [9.17, 15) is 4.39 Å². The van der Waals surface area contributed by atoms with Gasteiger partial charge in [0.15, 0.2) is 0 Å². The first-order valence-corrected chi connectivity index (χ1v) is 7.25. The maximum Gasteiger partial charge on any atom is 0.128 e. The summed E-state index contributed by atoms with van der Waals surface area (Å²) in [6.45, 7) is 8.15. The first kappa shape index (κ1) is 14.2. The molecule has 4 heteroatoms. The molecule has 1 aromatic carbocycles. The topological polar surface area (TPSA) is 24.9 Å². The number of halogens is 1. The Bertz CT molecular complexity index is 544. The zero-order valence-corrected chi connectivity index (χ0v) is 12.5. The molecule has 0 saturated heterocycles. The first-order valence-electron chi connectivity index (χ1n) is 6.43. The lowest BCUT2D eigenvalue weighted by molar-refractivity contribution is 0.501. The van der Waals surface area contributed by atoms with Crippen molar-refractivity contribution in [2.24, 2.45) is 0 Å². The number of hydrogen-bond acceptors (Lipinski definition) is 3. The highest BCUT2D eigenvalue weighted by Gasteiger charge is 2.22. The molecule has 0 fully saturated rings. The standard InChI is InChI=1S/C15H19FN2S/c1-9(2)17-14(12-7-5-6-8-13(12)16)15-18-10(3)11(4)19-15/h5-9,14,17H,1-4H3. The highest BCUT2D eigenvalue weighted by Crippen LogP contribution is 2.29. The molecule has 2 aromatic rings. The van der Waals surface area contributed by atoms with Crippen LogP contribution in [0.1, 0.15) is 41.0 Å². The maximum absolute atomic E-state index is 14.0. The van der Waals surface area contributed by atoms with Gasteiger partial charge in [-0.3, -0.25) is 0 Å². The summed E-state index contributed by atoms with van der Waals surface area (Å²) < 4.78 is 14.0. The molecule has 102 valence electrons. The van der Waals surface area contributed by atoms with Gasteiger partial charge < -0.3 is 5.32 Å². The van der Waals surface area contributed by atoms with E-state index in [2.05, 4.69) is 24.1 Å². The van der Waals surface area contributed by atoms with E-state index in [0.29, 0.717) is 5.56 Å². The molecular weight excluding hydrogens is 259 g/mol. The SMILES string of the molecule is Cc1nc(C(NC(C)C)c2ccccc2F)sc1C. The van der Waals surface area contributed by atoms with Crippen LogP contribution in [0.4, 0.5) is 4.39 Å². The Labute approximate surface area is 117 Å². The highest BCUT2D eigenvalue weighted by molar-refractivity contribution is 7.11. The fraction of sp³-hybridized carbons (Fsp3) is 0.400. The van der Waals surface area contributed by atoms with Crippen LogP contribution >= 0.6 is 11.3 Å². The fourth-order valence-electron chi connectivity index (χ4n) is 1.96. The van der Waals surface area contributed by atoms with Crippen LogP contribution in [0.5, 0.6) is 0 Å². The van der Waals surface area contributed by atoms with Crippen molar-refractivity contribution in [2.75, 3.05) is 0 Å². The molecule has 0 spiro atoms. The van der Waals surface area contributed by atoms with E-state index in [1.807, 2.05) is 26.0 Å². The molecule has 2 rings (SSSR count). The Hall–Kier alpha value is -1.26. The van der Waals surface area contributed by atoms with E-state index in [1.165, 1.54) is 10.9 Å². The Morgan fingerprint density at radius 2 is 1.89 bits per heavy atom. The number of nitrogens with zero attached hydrogens (tertiary/aromatic N) is 1. The summed E-state index contributed by atoms with van der Waals surface area (Å²) in [6, 6.07) is 6.97. The molecule has 1 atom stereocenters. The number of hydrogen-bond donors (Lipinski definition) is 1. The summed E-state index contributed by atoms with van der Waals surface area (Å²) in [5.41, 5.74) is 1.68. The zero-order chi connectivity index (χ0) is 14.0. The van der Waals surface area contributed by atoms with Gasteiger partial charge in [0.25, 0.3) is 0 Å². The van der Waals surface area contributed by atoms with Crippen LogP contribution in [-0.2, 0) is 0 Å². The molecule has 0 aliphatic rings. The van der Waals surface area contributed by atoms with Gasteiger partial charge in [0.05, 0.1) is 11.7 Å². The second-order valence-electron chi connectivity index (χ2n) is 4.97. The smallest absolute Gasteiger partial charge is 0.128 e. The van der Waals surface area contributed by atoms with Crippen LogP contribution in [0.3, 0.4) is 0 Å². The van der Waals surface area contributed by atoms with Gasteiger partial charge in [0, 0.05) is 16.5 Å². The largest absolute Gasteiger partial charge is 0.302 e. The predicted octanol–water partition coefficient (Wildman–Crippen LogP) is 3.99. The molecular formula is C15H19FN2S. The van der Waals surface area contributed by atoms with Gasteiger partial charge >= 0.3 is 0 Å². The molecule has 0 amide bonds. The highest BCUT2D eigenvalue weighted by atomic mass is 32.1. The molecule has 1 N–H and O–H groups in total. The van der Waals surface area contributed by atoms with Crippen molar-refractivity contribution in [3.63, 3.8) is 0 Å². The van der Waals surface area contributed by atoms with Crippen LogP contribution in [0.25, 0.3) is 0 Å². The van der Waals surface area contributed by atoms with E-state index in [-0.39, 0.29) is 17.9 Å². The molecule has 0 aliphatic carbocycles. The van der Waals surface area contributed by atoms with Gasteiger partial charge in [-0.05, 0) is 33.8 Å². The van der Waals surface area contributed by atoms with Crippen LogP contribution < -0.4 is 5.32 Å². The Morgan fingerprint density at radius 3 is 2.42 bits per heavy atom. The van der Waals surface area contributed by atoms with Crippen LogP contribution in [0.15, 0.2) is 24.3 Å². The maximum atomic E-state index is 14.0. The summed E-state index contributed by atoms with van der Waals surface area (Å²) in [5.74, 6) is -0.189. The zero-order valence-electron chi connectivity index (χ0n) is 11.7. The van der Waals surface area contributed by atoms with E-state index in [4.69, 9.17) is 0 Å². The number of aromatic nitrogens is 1. The molecule has 0 bridgehead atoms. The number of aryl methyl sites for hydroxylation is 2. The third-order valence-electron chi connectivity index (χ3n) is 3.01. The van der Waals surface area contributed by atoms with Crippen molar-refractivity contribution in [1.29, 1.82) is 0 Å². The first-order chi connectivity index (χ1) is 8.99. The summed E-state index contributed by atoms with van der Waals surface area (Å²) in [6.07, 6.45) is 0. The van der Waals surface area contributed by atoms with Gasteiger partial charge in [0.2, 0.25) is 0 Å². The molecule has 19 heavy (non-hydrogen) atoms. The minimum Gasteiger partial charge on any atom is -0.302 e. The van der Waals surface area contributed by atoms with Crippen molar-refractivity contribution in [1.82, 2.24) is 10.3 Å². The fourth-order valence-corrected chi connectivity index (χ4v) is 2.96. The second kappa shape index (κ2) is 5.80. The molecule has 0 aliphatic heterocycles. The number of thiazole rings is 1. The lowest BCUT2D eigenvalue weighted by Gasteiger charge is -2.20. The molecule has 0 radical (unpaired) electrons. The van der Waals surface area contributed by atoms with E-state index in [1.54, 1.807) is 17.4 Å². The monoisotopic (exact) mass is 278 g/mol. The van der Waals surface area contributed by atoms with Crippen LogP contribution in [0, 0.1) is 19.7 Å². The van der Waals surface area contributed by atoms with Gasteiger partial charge in [-0.25, -0.2) is 9.37 Å². The third kappa shape index (κ3) is 3.19. The lowest BCUT2D eigenvalue weighted by Crippen LogP contribution is -2.29. The molecule has 1 aromatic heterocycles. The predicted molar refractivity (Wildman–Crippen MR) is 78.1 cm³/mol. The van der Waals surface area contributed by atoms with Crippen molar-refractivity contribution in [3.05, 3.63) is 51.2 Å². The molecule has 2 nitrogen and oxygen atoms in total. The van der Waals surface area contributed by atoms with E-state index >= 15 is 0 Å². The number of benzene rings is 1. The number of rotatable bonds is 4. The van der Waals surface area contributed by atoms with Gasteiger partial charge in [-0.15, -0.1) is 11.3 Å². The van der Waals surface area contributed by atoms with Crippen molar-refractivity contribution >= 4 is 11.3 Å². The Balaban J connectivity index is 2.44. The minimum absolute atomic E-state index is 0.182. The molecule has 1 unspecified atom stereocenters. The van der Waals surface area contributed by atoms with Gasteiger partial charge in [-0.1, -0.05) is 18.2 Å². The van der Waals surface area contributed by atoms with E-state index in [0.717, 1.165) is 10.7 Å². The van der Waals surface area contributed by atoms with Crippen LogP contribution in [-0.4, -0.2) is 11.0 Å². The van der Waals surface area contributed by atoms with Crippen LogP contribution in [0.2, 0.25) is 0 Å². The average molecular weight is 278 g/mol. The van der Waals surface area contributed by atoms with Crippen molar-refractivity contribution in [3.8, 4) is 0 Å². The average Bonchev–Trinajstić information content (AvgIpc) is 2.67. The van der Waals surface area contributed by atoms with Gasteiger partial charge in [-0.2, -0.15) is 0 Å². The van der Waals surface area contributed by atoms with Gasteiger partial charge in [0.1, 0.15) is 10.8 Å². The second-order valence-corrected chi connectivity index (χ2v) is 6.20. The third-order valence-corrected chi connectivity index (χ3v) is 4.15. The van der Waals surface area contributed by atoms with E-state index < -0.39 is 0 Å². The van der Waals surface area contributed by atoms with Crippen molar-refractivity contribution < 1.29 is 4.39 Å². The summed E-state index contributed by atoms with van der Waals surface area (Å²) in [4.78, 5) is 5.75. The molecule has 0 saturated carbocycles. The molecule has 1 heterocycles. The Kier molecular flexibility index (Phi) is 4.32.